The summed E-state index contributed by atoms with van der Waals surface area (Å²) in [4.78, 5) is 4.70. The Kier molecular flexibility index (Phi) is 8.98. The molecular formula is C22H34N2O5S. The van der Waals surface area contributed by atoms with Crippen molar-refractivity contribution in [1.82, 2.24) is 9.55 Å². The van der Waals surface area contributed by atoms with Gasteiger partial charge in [-0.15, -0.1) is 0 Å². The number of hydrogen-bond acceptors (Lipinski definition) is 7. The molecular weight excluding hydrogens is 404 g/mol. The number of para-hydroxylation sites is 2. The van der Waals surface area contributed by atoms with E-state index in [1.54, 1.807) is 0 Å². The molecule has 1 aromatic heterocycles. The molecule has 0 radical (unpaired) electrons. The molecule has 0 aliphatic carbocycles. The van der Waals surface area contributed by atoms with Crippen LogP contribution in [0.1, 0.15) is 51.9 Å². The standard InChI is InChI=1S/C22H34N2O5S/c1-2-3-4-5-6-7-10-13-24-16-12-9-8-11-15(16)23-22(24)30-21-20(28)19(27)18(26)17(14-25)29-21/h8-9,11-12,17-21,25-28H,2-7,10,13-14H2,1H3. The van der Waals surface area contributed by atoms with E-state index in [1.807, 2.05) is 24.3 Å². The Morgan fingerprint density at radius 1 is 0.967 bits per heavy atom. The zero-order valence-electron chi connectivity index (χ0n) is 17.6. The van der Waals surface area contributed by atoms with Crippen molar-refractivity contribution in [3.63, 3.8) is 0 Å². The zero-order valence-corrected chi connectivity index (χ0v) is 18.4. The van der Waals surface area contributed by atoms with Crippen LogP contribution in [0.5, 0.6) is 0 Å². The highest BCUT2D eigenvalue weighted by Gasteiger charge is 2.44. The number of aromatic nitrogens is 2. The summed E-state index contributed by atoms with van der Waals surface area (Å²) in [6.07, 6.45) is 3.60. The van der Waals surface area contributed by atoms with Crippen LogP contribution in [-0.2, 0) is 11.3 Å². The molecule has 2 heterocycles. The van der Waals surface area contributed by atoms with Gasteiger partial charge in [0, 0.05) is 6.54 Å². The molecule has 30 heavy (non-hydrogen) atoms. The van der Waals surface area contributed by atoms with Crippen molar-refractivity contribution in [1.29, 1.82) is 0 Å². The predicted octanol–water partition coefficient (Wildman–Crippen LogP) is 2.68. The maximum Gasteiger partial charge on any atom is 0.171 e. The Morgan fingerprint density at radius 2 is 1.67 bits per heavy atom. The van der Waals surface area contributed by atoms with Gasteiger partial charge in [0.25, 0.3) is 0 Å². The van der Waals surface area contributed by atoms with Crippen LogP contribution >= 0.6 is 11.8 Å². The van der Waals surface area contributed by atoms with Gasteiger partial charge < -0.3 is 29.7 Å². The summed E-state index contributed by atoms with van der Waals surface area (Å²) in [7, 11) is 0. The molecule has 1 aliphatic rings. The minimum absolute atomic E-state index is 0.434. The number of hydrogen-bond donors (Lipinski definition) is 4. The molecule has 3 rings (SSSR count). The Bertz CT molecular complexity index is 784. The number of unbranched alkanes of at least 4 members (excludes halogenated alkanes) is 6. The summed E-state index contributed by atoms with van der Waals surface area (Å²) in [6.45, 7) is 2.60. The summed E-state index contributed by atoms with van der Waals surface area (Å²) in [5, 5.41) is 40.6. The van der Waals surface area contributed by atoms with Crippen LogP contribution in [0.2, 0.25) is 0 Å². The lowest BCUT2D eigenvalue weighted by Crippen LogP contribution is -2.57. The fraction of sp³-hybridized carbons (Fsp3) is 0.682. The first-order valence-corrected chi connectivity index (χ1v) is 11.9. The maximum atomic E-state index is 10.4. The highest BCUT2D eigenvalue weighted by atomic mass is 32.2. The molecule has 8 heteroatoms. The van der Waals surface area contributed by atoms with Crippen molar-refractivity contribution >= 4 is 22.8 Å². The largest absolute Gasteiger partial charge is 0.394 e. The molecule has 1 aliphatic heterocycles. The molecule has 0 amide bonds. The molecule has 4 N–H and O–H groups in total. The van der Waals surface area contributed by atoms with Gasteiger partial charge in [0.05, 0.1) is 17.6 Å². The molecule has 7 nitrogen and oxygen atoms in total. The van der Waals surface area contributed by atoms with Crippen LogP contribution in [0.4, 0.5) is 0 Å². The minimum Gasteiger partial charge on any atom is -0.394 e. The van der Waals surface area contributed by atoms with Gasteiger partial charge >= 0.3 is 0 Å². The van der Waals surface area contributed by atoms with Crippen LogP contribution < -0.4 is 0 Å². The molecule has 0 saturated carbocycles. The fourth-order valence-electron chi connectivity index (χ4n) is 3.86. The second kappa shape index (κ2) is 11.5. The van der Waals surface area contributed by atoms with Gasteiger partial charge in [0.15, 0.2) is 5.16 Å². The first kappa shape index (κ1) is 23.5. The van der Waals surface area contributed by atoms with E-state index in [1.165, 1.54) is 43.9 Å². The number of nitrogens with zero attached hydrogens (tertiary/aromatic N) is 2. The van der Waals surface area contributed by atoms with Crippen molar-refractivity contribution in [3.8, 4) is 0 Å². The van der Waals surface area contributed by atoms with Crippen LogP contribution in [0.25, 0.3) is 11.0 Å². The number of ether oxygens (including phenoxy) is 1. The molecule has 1 aromatic carbocycles. The number of aliphatic hydroxyl groups is 4. The summed E-state index contributed by atoms with van der Waals surface area (Å²) in [6, 6.07) is 7.90. The van der Waals surface area contributed by atoms with Crippen molar-refractivity contribution in [3.05, 3.63) is 24.3 Å². The molecule has 2 aromatic rings. The van der Waals surface area contributed by atoms with E-state index < -0.39 is 36.5 Å². The van der Waals surface area contributed by atoms with E-state index in [0.29, 0.717) is 5.16 Å². The highest BCUT2D eigenvalue weighted by molar-refractivity contribution is 7.99. The average molecular weight is 439 g/mol. The van der Waals surface area contributed by atoms with Crippen LogP contribution in [0, 0.1) is 0 Å². The Balaban J connectivity index is 1.69. The third-order valence-corrected chi connectivity index (χ3v) is 6.82. The summed E-state index contributed by atoms with van der Waals surface area (Å²) >= 11 is 1.22. The lowest BCUT2D eigenvalue weighted by Gasteiger charge is -2.39. The van der Waals surface area contributed by atoms with Gasteiger partial charge in [-0.25, -0.2) is 4.98 Å². The molecule has 0 spiro atoms. The van der Waals surface area contributed by atoms with Gasteiger partial charge in [-0.2, -0.15) is 0 Å². The average Bonchev–Trinajstić information content (AvgIpc) is 3.10. The second-order valence-corrected chi connectivity index (χ2v) is 9.04. The number of thioether (sulfide) groups is 1. The van der Waals surface area contributed by atoms with Gasteiger partial charge in [-0.1, -0.05) is 69.3 Å². The smallest absolute Gasteiger partial charge is 0.171 e. The number of aliphatic hydroxyl groups excluding tert-OH is 4. The fourth-order valence-corrected chi connectivity index (χ4v) is 5.03. The van der Waals surface area contributed by atoms with Crippen molar-refractivity contribution in [2.24, 2.45) is 0 Å². The number of rotatable bonds is 11. The molecule has 5 unspecified atom stereocenters. The van der Waals surface area contributed by atoms with Crippen molar-refractivity contribution in [2.45, 2.75) is 93.4 Å². The monoisotopic (exact) mass is 438 g/mol. The number of benzene rings is 1. The van der Waals surface area contributed by atoms with Crippen LogP contribution in [-0.4, -0.2) is 66.4 Å². The first-order valence-electron chi connectivity index (χ1n) is 11.0. The van der Waals surface area contributed by atoms with E-state index in [0.717, 1.165) is 30.4 Å². The van der Waals surface area contributed by atoms with E-state index in [-0.39, 0.29) is 0 Å². The van der Waals surface area contributed by atoms with E-state index in [9.17, 15) is 20.4 Å². The topological polar surface area (TPSA) is 108 Å². The van der Waals surface area contributed by atoms with Crippen LogP contribution in [0.3, 0.4) is 0 Å². The van der Waals surface area contributed by atoms with Crippen molar-refractivity contribution < 1.29 is 25.2 Å². The minimum atomic E-state index is -1.38. The maximum absolute atomic E-state index is 10.4. The summed E-state index contributed by atoms with van der Waals surface area (Å²) < 4.78 is 7.80. The molecule has 168 valence electrons. The second-order valence-electron chi connectivity index (χ2n) is 7.97. The SMILES string of the molecule is CCCCCCCCCn1c(SC2OC(CO)C(O)C(O)C2O)nc2ccccc21. The number of aryl methyl sites for hydroxylation is 1. The number of imidazole rings is 1. The van der Waals surface area contributed by atoms with Gasteiger partial charge in [0.1, 0.15) is 29.9 Å². The normalized spacial score (nSPS) is 27.0. The molecule has 0 bridgehead atoms. The number of fused-ring (bicyclic) bond motifs is 1. The van der Waals surface area contributed by atoms with Gasteiger partial charge in [-0.3, -0.25) is 0 Å². The van der Waals surface area contributed by atoms with E-state index >= 15 is 0 Å². The Morgan fingerprint density at radius 3 is 2.40 bits per heavy atom. The summed E-state index contributed by atoms with van der Waals surface area (Å²) in [5.74, 6) is 0. The predicted molar refractivity (Wildman–Crippen MR) is 117 cm³/mol. The van der Waals surface area contributed by atoms with Crippen LogP contribution in [0.15, 0.2) is 29.4 Å². The van der Waals surface area contributed by atoms with E-state index in [4.69, 9.17) is 9.72 Å². The van der Waals surface area contributed by atoms with Crippen molar-refractivity contribution in [2.75, 3.05) is 6.61 Å². The molecule has 5 atom stereocenters. The van der Waals surface area contributed by atoms with E-state index in [2.05, 4.69) is 11.5 Å². The quantitative estimate of drug-likeness (QED) is 0.400. The molecule has 1 saturated heterocycles. The summed E-state index contributed by atoms with van der Waals surface area (Å²) in [5.41, 5.74) is 1.06. The molecule has 1 fully saturated rings. The van der Waals surface area contributed by atoms with Gasteiger partial charge in [-0.05, 0) is 18.6 Å². The third kappa shape index (κ3) is 5.55. The first-order chi connectivity index (χ1) is 14.6. The Labute approximate surface area is 182 Å². The highest BCUT2D eigenvalue weighted by Crippen LogP contribution is 2.34. The Hall–Kier alpha value is -1.16. The van der Waals surface area contributed by atoms with Gasteiger partial charge in [0.2, 0.25) is 0 Å². The lowest BCUT2D eigenvalue weighted by atomic mass is 10.0. The third-order valence-electron chi connectivity index (χ3n) is 5.67. The lowest BCUT2D eigenvalue weighted by molar-refractivity contribution is -0.205. The zero-order chi connectivity index (χ0) is 21.5.